The van der Waals surface area contributed by atoms with Crippen molar-refractivity contribution in [2.75, 3.05) is 5.32 Å². The molecule has 138 valence electrons. The Bertz CT molecular complexity index is 1150. The van der Waals surface area contributed by atoms with E-state index in [4.69, 9.17) is 4.98 Å². The maximum absolute atomic E-state index is 12.6. The number of nitrogens with zero attached hydrogens (tertiary/aromatic N) is 5. The van der Waals surface area contributed by atoms with E-state index in [1.54, 1.807) is 33.0 Å². The predicted octanol–water partition coefficient (Wildman–Crippen LogP) is 3.88. The molecule has 4 aromatic rings. The maximum Gasteiger partial charge on any atom is 0.277 e. The molecular formula is C19H20N6OS. The number of aryl methyl sites for hydroxylation is 4. The maximum atomic E-state index is 12.6. The van der Waals surface area contributed by atoms with Crippen molar-refractivity contribution in [1.82, 2.24) is 24.5 Å². The average Bonchev–Trinajstić information content (AvgIpc) is 3.32. The standard InChI is InChI=1S/C19H20N6OS/c1-5-24-7-6-14(23-24)18(26)20-16-10-13(4)22-25(16)19-21-17-12(3)8-11(2)9-15(17)27-19/h6-10H,5H2,1-4H3,(H,20,26). The van der Waals surface area contributed by atoms with E-state index in [9.17, 15) is 4.79 Å². The third-order valence-electron chi connectivity index (χ3n) is 4.27. The number of anilines is 1. The lowest BCUT2D eigenvalue weighted by molar-refractivity contribution is 0.102. The smallest absolute Gasteiger partial charge is 0.277 e. The van der Waals surface area contributed by atoms with E-state index in [-0.39, 0.29) is 5.91 Å². The van der Waals surface area contributed by atoms with Gasteiger partial charge in [-0.3, -0.25) is 9.48 Å². The lowest BCUT2D eigenvalue weighted by atomic mass is 10.1. The highest BCUT2D eigenvalue weighted by Gasteiger charge is 2.17. The Morgan fingerprint density at radius 3 is 2.74 bits per heavy atom. The largest absolute Gasteiger partial charge is 0.305 e. The van der Waals surface area contributed by atoms with Gasteiger partial charge in [0.05, 0.1) is 15.9 Å². The number of fused-ring (bicyclic) bond motifs is 1. The van der Waals surface area contributed by atoms with Crippen LogP contribution in [0, 0.1) is 20.8 Å². The fourth-order valence-corrected chi connectivity index (χ4v) is 4.13. The number of carbonyl (C=O) groups excluding carboxylic acids is 1. The Hall–Kier alpha value is -3.00. The number of amides is 1. The first-order valence-corrected chi connectivity index (χ1v) is 9.56. The zero-order valence-electron chi connectivity index (χ0n) is 15.6. The topological polar surface area (TPSA) is 77.6 Å². The molecule has 4 rings (SSSR count). The summed E-state index contributed by atoms with van der Waals surface area (Å²) in [4.78, 5) is 17.3. The minimum Gasteiger partial charge on any atom is -0.305 e. The normalized spacial score (nSPS) is 11.3. The Morgan fingerprint density at radius 1 is 1.19 bits per heavy atom. The molecule has 0 unspecified atom stereocenters. The molecule has 0 aliphatic carbocycles. The van der Waals surface area contributed by atoms with Gasteiger partial charge in [-0.1, -0.05) is 17.4 Å². The number of aromatic nitrogens is 5. The van der Waals surface area contributed by atoms with Crippen molar-refractivity contribution in [3.63, 3.8) is 0 Å². The van der Waals surface area contributed by atoms with Crippen LogP contribution in [-0.4, -0.2) is 30.5 Å². The van der Waals surface area contributed by atoms with Crippen LogP contribution >= 0.6 is 11.3 Å². The first-order chi connectivity index (χ1) is 12.9. The van der Waals surface area contributed by atoms with Crippen LogP contribution in [0.1, 0.15) is 34.2 Å². The third kappa shape index (κ3) is 3.23. The Labute approximate surface area is 160 Å². The van der Waals surface area contributed by atoms with E-state index in [1.807, 2.05) is 19.9 Å². The van der Waals surface area contributed by atoms with Crippen LogP contribution in [0.5, 0.6) is 0 Å². The molecule has 0 saturated heterocycles. The summed E-state index contributed by atoms with van der Waals surface area (Å²) in [5, 5.41) is 12.4. The molecule has 0 aliphatic rings. The average molecular weight is 380 g/mol. The summed E-state index contributed by atoms with van der Waals surface area (Å²) in [6.45, 7) is 8.71. The predicted molar refractivity (Wildman–Crippen MR) is 107 cm³/mol. The van der Waals surface area contributed by atoms with Crippen LogP contribution in [0.15, 0.2) is 30.5 Å². The van der Waals surface area contributed by atoms with Gasteiger partial charge in [0, 0.05) is 18.8 Å². The monoisotopic (exact) mass is 380 g/mol. The third-order valence-corrected chi connectivity index (χ3v) is 5.25. The number of thiazole rings is 1. The van der Waals surface area contributed by atoms with Gasteiger partial charge in [0.1, 0.15) is 5.82 Å². The molecule has 3 heterocycles. The Balaban J connectivity index is 1.71. The summed E-state index contributed by atoms with van der Waals surface area (Å²) in [7, 11) is 0. The van der Waals surface area contributed by atoms with Gasteiger partial charge in [-0.25, -0.2) is 4.98 Å². The number of nitrogens with one attached hydrogen (secondary N) is 1. The number of hydrogen-bond donors (Lipinski definition) is 1. The SMILES string of the molecule is CCn1ccc(C(=O)Nc2cc(C)nn2-c2nc3c(C)cc(C)cc3s2)n1. The van der Waals surface area contributed by atoms with Crippen LogP contribution < -0.4 is 5.32 Å². The Morgan fingerprint density at radius 2 is 2.00 bits per heavy atom. The van der Waals surface area contributed by atoms with E-state index < -0.39 is 0 Å². The van der Waals surface area contributed by atoms with E-state index in [1.165, 1.54) is 5.56 Å². The molecule has 0 radical (unpaired) electrons. The van der Waals surface area contributed by atoms with Crippen LogP contribution in [-0.2, 0) is 6.54 Å². The van der Waals surface area contributed by atoms with E-state index in [2.05, 4.69) is 41.5 Å². The molecule has 0 aliphatic heterocycles. The zero-order valence-corrected chi connectivity index (χ0v) is 16.5. The first-order valence-electron chi connectivity index (χ1n) is 8.74. The number of benzene rings is 1. The van der Waals surface area contributed by atoms with E-state index in [0.717, 1.165) is 33.2 Å². The number of carbonyl (C=O) groups is 1. The van der Waals surface area contributed by atoms with E-state index >= 15 is 0 Å². The molecule has 1 amide bonds. The molecule has 3 aromatic heterocycles. The van der Waals surface area contributed by atoms with Crippen molar-refractivity contribution >= 4 is 33.3 Å². The zero-order chi connectivity index (χ0) is 19.1. The molecule has 7 nitrogen and oxygen atoms in total. The second kappa shape index (κ2) is 6.62. The highest BCUT2D eigenvalue weighted by Crippen LogP contribution is 2.30. The molecule has 1 aromatic carbocycles. The van der Waals surface area contributed by atoms with Gasteiger partial charge in [-0.05, 0) is 51.0 Å². The molecule has 27 heavy (non-hydrogen) atoms. The van der Waals surface area contributed by atoms with Crippen molar-refractivity contribution in [2.24, 2.45) is 0 Å². The second-order valence-electron chi connectivity index (χ2n) is 6.52. The van der Waals surface area contributed by atoms with Crippen LogP contribution in [0.2, 0.25) is 0 Å². The summed E-state index contributed by atoms with van der Waals surface area (Å²) in [6.07, 6.45) is 1.79. The molecule has 0 bridgehead atoms. The van der Waals surface area contributed by atoms with E-state index in [0.29, 0.717) is 11.5 Å². The Kier molecular flexibility index (Phi) is 4.27. The molecular weight excluding hydrogens is 360 g/mol. The summed E-state index contributed by atoms with van der Waals surface area (Å²) in [5.74, 6) is 0.313. The van der Waals surface area contributed by atoms with Gasteiger partial charge in [0.25, 0.3) is 5.91 Å². The minimum absolute atomic E-state index is 0.267. The van der Waals surface area contributed by atoms with Crippen molar-refractivity contribution in [3.05, 3.63) is 53.0 Å². The fraction of sp³-hybridized carbons (Fsp3) is 0.263. The summed E-state index contributed by atoms with van der Waals surface area (Å²) < 4.78 is 4.51. The first kappa shape index (κ1) is 17.4. The van der Waals surface area contributed by atoms with Crippen molar-refractivity contribution in [1.29, 1.82) is 0 Å². The van der Waals surface area contributed by atoms with Crippen LogP contribution in [0.4, 0.5) is 5.82 Å². The number of hydrogen-bond acceptors (Lipinski definition) is 5. The molecule has 0 atom stereocenters. The molecule has 8 heteroatoms. The van der Waals surface area contributed by atoms with Crippen molar-refractivity contribution < 1.29 is 4.79 Å². The van der Waals surface area contributed by atoms with Gasteiger partial charge in [0.15, 0.2) is 5.69 Å². The van der Waals surface area contributed by atoms with Gasteiger partial charge < -0.3 is 5.32 Å². The van der Waals surface area contributed by atoms with Crippen LogP contribution in [0.3, 0.4) is 0 Å². The highest BCUT2D eigenvalue weighted by molar-refractivity contribution is 7.20. The second-order valence-corrected chi connectivity index (χ2v) is 7.53. The molecule has 1 N–H and O–H groups in total. The van der Waals surface area contributed by atoms with Crippen molar-refractivity contribution in [3.8, 4) is 5.13 Å². The number of rotatable bonds is 4. The summed E-state index contributed by atoms with van der Waals surface area (Å²) >= 11 is 1.56. The quantitative estimate of drug-likeness (QED) is 0.583. The van der Waals surface area contributed by atoms with Crippen molar-refractivity contribution in [2.45, 2.75) is 34.2 Å². The van der Waals surface area contributed by atoms with Crippen LogP contribution in [0.25, 0.3) is 15.3 Å². The lowest BCUT2D eigenvalue weighted by Crippen LogP contribution is -2.16. The van der Waals surface area contributed by atoms with Gasteiger partial charge in [-0.2, -0.15) is 14.9 Å². The summed E-state index contributed by atoms with van der Waals surface area (Å²) in [6, 6.07) is 7.78. The molecule has 0 fully saturated rings. The minimum atomic E-state index is -0.267. The lowest BCUT2D eigenvalue weighted by Gasteiger charge is -2.04. The summed E-state index contributed by atoms with van der Waals surface area (Å²) in [5.41, 5.74) is 4.47. The van der Waals surface area contributed by atoms with Gasteiger partial charge in [0.2, 0.25) is 5.13 Å². The molecule has 0 saturated carbocycles. The fourth-order valence-electron chi connectivity index (χ4n) is 3.02. The highest BCUT2D eigenvalue weighted by atomic mass is 32.1. The molecule has 0 spiro atoms. The van der Waals surface area contributed by atoms with Gasteiger partial charge >= 0.3 is 0 Å². The van der Waals surface area contributed by atoms with Gasteiger partial charge in [-0.15, -0.1) is 0 Å².